The number of aromatic nitrogens is 4. The molecule has 0 saturated heterocycles. The number of nitrogens with two attached hydrogens (primary N) is 1. The highest BCUT2D eigenvalue weighted by Gasteiger charge is 2.11. The van der Waals surface area contributed by atoms with Gasteiger partial charge in [0.2, 0.25) is 0 Å². The molecular formula is C12H18N6. The van der Waals surface area contributed by atoms with Crippen LogP contribution in [0.25, 0.3) is 11.4 Å². The van der Waals surface area contributed by atoms with Crippen LogP contribution in [-0.4, -0.2) is 19.7 Å². The maximum Gasteiger partial charge on any atom is 0.165 e. The summed E-state index contributed by atoms with van der Waals surface area (Å²) in [6.07, 6.45) is 3.72. The molecule has 0 saturated carbocycles. The summed E-state index contributed by atoms with van der Waals surface area (Å²) >= 11 is 0. The summed E-state index contributed by atoms with van der Waals surface area (Å²) in [7, 11) is 1.90. The lowest BCUT2D eigenvalue weighted by molar-refractivity contribution is 0.740. The van der Waals surface area contributed by atoms with Crippen LogP contribution in [0.1, 0.15) is 24.7 Å². The third-order valence-electron chi connectivity index (χ3n) is 2.91. The van der Waals surface area contributed by atoms with Crippen molar-refractivity contribution in [2.45, 2.75) is 26.7 Å². The van der Waals surface area contributed by atoms with Gasteiger partial charge in [0.1, 0.15) is 5.82 Å². The quantitative estimate of drug-likeness (QED) is 0.630. The number of nitrogens with zero attached hydrogens (tertiary/aromatic N) is 4. The Morgan fingerprint density at radius 2 is 2.17 bits per heavy atom. The summed E-state index contributed by atoms with van der Waals surface area (Å²) in [6.45, 7) is 4.11. The van der Waals surface area contributed by atoms with E-state index in [4.69, 9.17) is 5.84 Å². The van der Waals surface area contributed by atoms with Crippen LogP contribution in [0.15, 0.2) is 12.3 Å². The Hall–Kier alpha value is -1.95. The number of anilines is 1. The van der Waals surface area contributed by atoms with E-state index in [-0.39, 0.29) is 0 Å². The minimum absolute atomic E-state index is 0.631. The van der Waals surface area contributed by atoms with Crippen molar-refractivity contribution < 1.29 is 0 Å². The van der Waals surface area contributed by atoms with Gasteiger partial charge in [-0.15, -0.1) is 0 Å². The number of hydrogen-bond acceptors (Lipinski definition) is 5. The van der Waals surface area contributed by atoms with E-state index < -0.39 is 0 Å². The van der Waals surface area contributed by atoms with Gasteiger partial charge in [-0.25, -0.2) is 15.8 Å². The molecule has 2 rings (SSSR count). The second kappa shape index (κ2) is 5.14. The lowest BCUT2D eigenvalue weighted by Gasteiger charge is -2.06. The lowest BCUT2D eigenvalue weighted by Crippen LogP contribution is -2.10. The van der Waals surface area contributed by atoms with Crippen molar-refractivity contribution in [3.05, 3.63) is 23.7 Å². The van der Waals surface area contributed by atoms with Crippen LogP contribution in [0, 0.1) is 6.92 Å². The molecule has 2 aromatic rings. The average molecular weight is 246 g/mol. The molecule has 0 amide bonds. The molecule has 96 valence electrons. The van der Waals surface area contributed by atoms with Gasteiger partial charge in [0.05, 0.1) is 11.8 Å². The van der Waals surface area contributed by atoms with Crippen LogP contribution >= 0.6 is 0 Å². The second-order valence-electron chi connectivity index (χ2n) is 4.23. The molecule has 2 aromatic heterocycles. The van der Waals surface area contributed by atoms with Crippen LogP contribution in [0.2, 0.25) is 0 Å². The van der Waals surface area contributed by atoms with Gasteiger partial charge in [-0.3, -0.25) is 4.68 Å². The Kier molecular flexibility index (Phi) is 3.57. The molecule has 0 spiro atoms. The molecule has 0 unspecified atom stereocenters. The molecule has 18 heavy (non-hydrogen) atoms. The van der Waals surface area contributed by atoms with Gasteiger partial charge >= 0.3 is 0 Å². The van der Waals surface area contributed by atoms with E-state index in [1.165, 1.54) is 0 Å². The minimum atomic E-state index is 0.631. The molecule has 6 nitrogen and oxygen atoms in total. The van der Waals surface area contributed by atoms with E-state index in [1.807, 2.05) is 20.0 Å². The monoisotopic (exact) mass is 246 g/mol. The topological polar surface area (TPSA) is 81.6 Å². The molecule has 0 fully saturated rings. The van der Waals surface area contributed by atoms with Gasteiger partial charge in [-0.2, -0.15) is 5.10 Å². The van der Waals surface area contributed by atoms with Crippen molar-refractivity contribution in [1.29, 1.82) is 0 Å². The number of aryl methyl sites for hydroxylation is 2. The Bertz CT molecular complexity index is 545. The highest BCUT2D eigenvalue weighted by Crippen LogP contribution is 2.21. The van der Waals surface area contributed by atoms with E-state index in [9.17, 15) is 0 Å². The summed E-state index contributed by atoms with van der Waals surface area (Å²) in [5.41, 5.74) is 5.54. The van der Waals surface area contributed by atoms with Crippen molar-refractivity contribution >= 4 is 5.82 Å². The Labute approximate surface area is 106 Å². The standard InChI is InChI=1S/C12H18N6/c1-4-5-9-6-11(17-13)16-12(15-9)10-7-14-18(3)8(10)2/h6-7H,4-5,13H2,1-3H3,(H,15,16,17). The minimum Gasteiger partial charge on any atom is -0.308 e. The van der Waals surface area contributed by atoms with Gasteiger partial charge in [0.15, 0.2) is 5.82 Å². The van der Waals surface area contributed by atoms with Crippen LogP contribution < -0.4 is 11.3 Å². The van der Waals surface area contributed by atoms with Crippen molar-refractivity contribution in [2.24, 2.45) is 12.9 Å². The van der Waals surface area contributed by atoms with E-state index in [1.54, 1.807) is 10.9 Å². The van der Waals surface area contributed by atoms with Gasteiger partial charge < -0.3 is 5.43 Å². The number of hydrazine groups is 1. The lowest BCUT2D eigenvalue weighted by atomic mass is 10.2. The maximum atomic E-state index is 5.44. The zero-order valence-electron chi connectivity index (χ0n) is 10.9. The van der Waals surface area contributed by atoms with Crippen molar-refractivity contribution in [3.8, 4) is 11.4 Å². The largest absolute Gasteiger partial charge is 0.308 e. The van der Waals surface area contributed by atoms with Crippen LogP contribution in [0.3, 0.4) is 0 Å². The Morgan fingerprint density at radius 1 is 1.39 bits per heavy atom. The maximum absolute atomic E-state index is 5.44. The summed E-state index contributed by atoms with van der Waals surface area (Å²) in [5.74, 6) is 6.74. The molecule has 0 aliphatic carbocycles. The van der Waals surface area contributed by atoms with Gasteiger partial charge in [-0.1, -0.05) is 13.3 Å². The average Bonchev–Trinajstić information content (AvgIpc) is 2.70. The summed E-state index contributed by atoms with van der Waals surface area (Å²) < 4.78 is 1.81. The molecule has 3 N–H and O–H groups in total. The molecule has 0 aromatic carbocycles. The predicted molar refractivity (Wildman–Crippen MR) is 70.8 cm³/mol. The predicted octanol–water partition coefficient (Wildman–Crippen LogP) is 1.42. The molecule has 2 heterocycles. The van der Waals surface area contributed by atoms with E-state index in [0.29, 0.717) is 11.6 Å². The number of nitrogen functional groups attached to an aromatic ring is 1. The first-order valence-electron chi connectivity index (χ1n) is 5.99. The highest BCUT2D eigenvalue weighted by atomic mass is 15.3. The molecule has 0 radical (unpaired) electrons. The molecular weight excluding hydrogens is 228 g/mol. The van der Waals surface area contributed by atoms with E-state index in [2.05, 4.69) is 27.4 Å². The molecule has 6 heteroatoms. The van der Waals surface area contributed by atoms with Crippen LogP contribution in [0.5, 0.6) is 0 Å². The molecule has 0 aliphatic rings. The highest BCUT2D eigenvalue weighted by molar-refractivity contribution is 5.59. The fourth-order valence-electron chi connectivity index (χ4n) is 1.79. The van der Waals surface area contributed by atoms with E-state index >= 15 is 0 Å². The van der Waals surface area contributed by atoms with Crippen molar-refractivity contribution in [2.75, 3.05) is 5.43 Å². The summed E-state index contributed by atoms with van der Waals surface area (Å²) in [6, 6.07) is 1.87. The molecule has 0 atom stereocenters. The summed E-state index contributed by atoms with van der Waals surface area (Å²) in [4.78, 5) is 8.93. The first kappa shape index (κ1) is 12.5. The zero-order valence-corrected chi connectivity index (χ0v) is 10.9. The fourth-order valence-corrected chi connectivity index (χ4v) is 1.79. The number of nitrogens with one attached hydrogen (secondary N) is 1. The second-order valence-corrected chi connectivity index (χ2v) is 4.23. The first-order valence-corrected chi connectivity index (χ1v) is 5.99. The van der Waals surface area contributed by atoms with Crippen molar-refractivity contribution in [1.82, 2.24) is 19.7 Å². The SMILES string of the molecule is CCCc1cc(NN)nc(-c2cnn(C)c2C)n1. The first-order chi connectivity index (χ1) is 8.65. The van der Waals surface area contributed by atoms with Crippen LogP contribution in [0.4, 0.5) is 5.82 Å². The fraction of sp³-hybridized carbons (Fsp3) is 0.417. The Balaban J connectivity index is 2.49. The van der Waals surface area contributed by atoms with Crippen LogP contribution in [-0.2, 0) is 13.5 Å². The third kappa shape index (κ3) is 2.33. The normalized spacial score (nSPS) is 10.7. The zero-order chi connectivity index (χ0) is 13.1. The Morgan fingerprint density at radius 3 is 2.72 bits per heavy atom. The van der Waals surface area contributed by atoms with Gasteiger partial charge in [0.25, 0.3) is 0 Å². The van der Waals surface area contributed by atoms with E-state index in [0.717, 1.165) is 29.8 Å². The smallest absolute Gasteiger partial charge is 0.165 e. The van der Waals surface area contributed by atoms with Gasteiger partial charge in [0, 0.05) is 24.5 Å². The molecule has 0 aliphatic heterocycles. The molecule has 0 bridgehead atoms. The third-order valence-corrected chi connectivity index (χ3v) is 2.91. The van der Waals surface area contributed by atoms with Gasteiger partial charge in [-0.05, 0) is 13.3 Å². The number of rotatable bonds is 4. The summed E-state index contributed by atoms with van der Waals surface area (Å²) in [5, 5.41) is 4.21. The number of hydrogen-bond donors (Lipinski definition) is 2. The van der Waals surface area contributed by atoms with Crippen molar-refractivity contribution in [3.63, 3.8) is 0 Å².